The topological polar surface area (TPSA) is 34.3 Å². The van der Waals surface area contributed by atoms with E-state index in [9.17, 15) is 79.0 Å². The number of rotatable bonds is 6. The van der Waals surface area contributed by atoms with E-state index in [0.29, 0.717) is 0 Å². The molecule has 2 aliphatic rings. The predicted molar refractivity (Wildman–Crippen MR) is 78.9 cm³/mol. The van der Waals surface area contributed by atoms with Gasteiger partial charge in [-0.2, -0.15) is 35.1 Å². The molecule has 0 bridgehead atoms. The molecular formula is C18F18O3. The number of benzene rings is 2. The predicted octanol–water partition coefficient (Wildman–Crippen LogP) is 6.62. The zero-order valence-corrected chi connectivity index (χ0v) is 17.0. The van der Waals surface area contributed by atoms with Crippen LogP contribution >= 0.6 is 0 Å². The Kier molecular flexibility index (Phi) is 5.83. The van der Waals surface area contributed by atoms with Crippen LogP contribution in [0.1, 0.15) is 11.1 Å². The summed E-state index contributed by atoms with van der Waals surface area (Å²) in [6, 6.07) is 0. The fraction of sp³-hybridized carbons (Fsp3) is 0.333. The summed E-state index contributed by atoms with van der Waals surface area (Å²) in [5.74, 6) is -55.0. The van der Waals surface area contributed by atoms with E-state index in [1.54, 1.807) is 0 Å². The summed E-state index contributed by atoms with van der Waals surface area (Å²) >= 11 is 0. The second-order valence-electron chi connectivity index (χ2n) is 7.61. The van der Waals surface area contributed by atoms with Gasteiger partial charge >= 0.3 is 35.6 Å². The quantitative estimate of drug-likeness (QED) is 0.161. The molecule has 4 unspecified atom stereocenters. The van der Waals surface area contributed by atoms with Crippen LogP contribution in [0, 0.1) is 58.2 Å². The summed E-state index contributed by atoms with van der Waals surface area (Å²) in [7, 11) is 0. The highest BCUT2D eigenvalue weighted by Gasteiger charge is 2.95. The Morgan fingerprint density at radius 2 is 0.615 bits per heavy atom. The molecule has 2 aromatic rings. The van der Waals surface area contributed by atoms with Crippen molar-refractivity contribution in [2.75, 3.05) is 0 Å². The van der Waals surface area contributed by atoms with Crippen molar-refractivity contribution >= 4 is 0 Å². The Labute approximate surface area is 199 Å². The summed E-state index contributed by atoms with van der Waals surface area (Å²) in [5.41, 5.74) is -6.32. The van der Waals surface area contributed by atoms with E-state index >= 15 is 0 Å². The molecular weight excluding hydrogens is 606 g/mol. The normalized spacial score (nSPS) is 30.6. The minimum atomic E-state index is -6.84. The van der Waals surface area contributed by atoms with Gasteiger partial charge in [0.2, 0.25) is 11.6 Å². The lowest BCUT2D eigenvalue weighted by atomic mass is 10.0. The lowest BCUT2D eigenvalue weighted by Gasteiger charge is -2.26. The molecule has 0 spiro atoms. The lowest BCUT2D eigenvalue weighted by Crippen LogP contribution is -2.51. The van der Waals surface area contributed by atoms with E-state index in [-0.39, 0.29) is 0 Å². The fourth-order valence-electron chi connectivity index (χ4n) is 3.32. The smallest absolute Gasteiger partial charge is 0.288 e. The number of alkyl halides is 8. The van der Waals surface area contributed by atoms with E-state index < -0.39 is 105 Å². The Morgan fingerprint density at radius 3 is 0.846 bits per heavy atom. The van der Waals surface area contributed by atoms with Gasteiger partial charge in [-0.1, -0.05) is 0 Å². The average Bonchev–Trinajstić information content (AvgIpc) is 3.62. The van der Waals surface area contributed by atoms with Gasteiger partial charge in [0.1, 0.15) is 11.1 Å². The van der Waals surface area contributed by atoms with Gasteiger partial charge in [0, 0.05) is 0 Å². The van der Waals surface area contributed by atoms with Crippen LogP contribution in [-0.2, 0) is 25.9 Å². The highest BCUT2D eigenvalue weighted by molar-refractivity contribution is 5.36. The van der Waals surface area contributed by atoms with Crippen LogP contribution in [-0.4, -0.2) is 23.9 Å². The van der Waals surface area contributed by atoms with E-state index in [4.69, 9.17) is 0 Å². The SMILES string of the molecule is Fc1c(F)c(F)c(C2(F)OC2(F)C(F)(F)OC(F)(F)C2(F)OC2(F)c2c(F)c(F)c(F)c(F)c2F)c(F)c1F. The maximum absolute atomic E-state index is 14.6. The molecule has 3 nitrogen and oxygen atoms in total. The van der Waals surface area contributed by atoms with Crippen LogP contribution in [0.25, 0.3) is 0 Å². The summed E-state index contributed by atoms with van der Waals surface area (Å²) in [4.78, 5) is 0. The minimum absolute atomic E-state index is 2.28. The van der Waals surface area contributed by atoms with E-state index in [1.165, 1.54) is 0 Å². The molecule has 4 atom stereocenters. The molecule has 39 heavy (non-hydrogen) atoms. The van der Waals surface area contributed by atoms with Crippen LogP contribution in [0.4, 0.5) is 79.0 Å². The van der Waals surface area contributed by atoms with Crippen LogP contribution in [0.3, 0.4) is 0 Å². The monoisotopic (exact) mass is 606 g/mol. The fourth-order valence-corrected chi connectivity index (χ4v) is 3.32. The molecule has 0 saturated carbocycles. The third-order valence-electron chi connectivity index (χ3n) is 5.37. The lowest BCUT2D eigenvalue weighted by molar-refractivity contribution is -0.436. The molecule has 0 aromatic heterocycles. The zero-order valence-electron chi connectivity index (χ0n) is 17.0. The zero-order chi connectivity index (χ0) is 30.0. The summed E-state index contributed by atoms with van der Waals surface area (Å²) < 4.78 is 257. The highest BCUT2D eigenvalue weighted by atomic mass is 19.3. The first-order valence-electron chi connectivity index (χ1n) is 9.13. The molecule has 2 aromatic carbocycles. The van der Waals surface area contributed by atoms with E-state index in [1.807, 2.05) is 0 Å². The first-order valence-corrected chi connectivity index (χ1v) is 9.13. The number of epoxide rings is 2. The number of halogens is 18. The second kappa shape index (κ2) is 7.83. The first kappa shape index (κ1) is 29.1. The van der Waals surface area contributed by atoms with Crippen LogP contribution in [0.15, 0.2) is 0 Å². The largest absolute Gasteiger partial charge is 0.425 e. The standard InChI is InChI=1S/C18F18O3/c19-3-1(4(20)8(24)11(27)7(3)23)13(29)15(31,37-13)17(33,34)39-18(35,36)16(32)14(30,38-16)2-5(21)9(25)12(28)10(26)6(2)22. The number of ether oxygens (including phenoxy) is 3. The van der Waals surface area contributed by atoms with Crippen molar-refractivity contribution in [3.8, 4) is 0 Å². The van der Waals surface area contributed by atoms with Gasteiger partial charge in [0.15, 0.2) is 46.5 Å². The van der Waals surface area contributed by atoms with Crippen molar-refractivity contribution in [1.82, 2.24) is 0 Å². The Bertz CT molecular complexity index is 1270. The second-order valence-corrected chi connectivity index (χ2v) is 7.61. The molecule has 0 radical (unpaired) electrons. The summed E-state index contributed by atoms with van der Waals surface area (Å²) in [6.07, 6.45) is -13.7. The molecule has 0 N–H and O–H groups in total. The van der Waals surface area contributed by atoms with Crippen molar-refractivity contribution in [2.45, 2.75) is 35.6 Å². The molecule has 0 aliphatic carbocycles. The third-order valence-corrected chi connectivity index (χ3v) is 5.37. The molecule has 2 saturated heterocycles. The summed E-state index contributed by atoms with van der Waals surface area (Å²) in [6.45, 7) is 0. The van der Waals surface area contributed by atoms with Crippen molar-refractivity contribution < 1.29 is 93.2 Å². The maximum atomic E-state index is 14.6. The van der Waals surface area contributed by atoms with Crippen molar-refractivity contribution in [2.24, 2.45) is 0 Å². The van der Waals surface area contributed by atoms with E-state index in [0.717, 1.165) is 0 Å². The first-order chi connectivity index (χ1) is 17.5. The van der Waals surface area contributed by atoms with Gasteiger partial charge in [-0.3, -0.25) is 9.47 Å². The third kappa shape index (κ3) is 3.34. The molecule has 2 aliphatic heterocycles. The van der Waals surface area contributed by atoms with Gasteiger partial charge in [-0.25, -0.2) is 48.6 Å². The van der Waals surface area contributed by atoms with Gasteiger partial charge in [-0.05, 0) is 0 Å². The van der Waals surface area contributed by atoms with Crippen molar-refractivity contribution in [1.29, 1.82) is 0 Å². The Balaban J connectivity index is 1.72. The number of hydrogen-bond acceptors (Lipinski definition) is 3. The van der Waals surface area contributed by atoms with Crippen LogP contribution < -0.4 is 0 Å². The maximum Gasteiger partial charge on any atom is 0.425 e. The van der Waals surface area contributed by atoms with Crippen molar-refractivity contribution in [3.05, 3.63) is 69.3 Å². The van der Waals surface area contributed by atoms with Gasteiger partial charge < -0.3 is 0 Å². The molecule has 2 heterocycles. The highest BCUT2D eigenvalue weighted by Crippen LogP contribution is 2.70. The Morgan fingerprint density at radius 1 is 0.410 bits per heavy atom. The van der Waals surface area contributed by atoms with Gasteiger partial charge in [0.25, 0.3) is 0 Å². The van der Waals surface area contributed by atoms with E-state index in [2.05, 4.69) is 14.2 Å². The van der Waals surface area contributed by atoms with Gasteiger partial charge in [0.05, 0.1) is 0 Å². The minimum Gasteiger partial charge on any atom is -0.288 e. The number of hydrogen-bond donors (Lipinski definition) is 0. The molecule has 2 fully saturated rings. The average molecular weight is 606 g/mol. The molecule has 216 valence electrons. The van der Waals surface area contributed by atoms with Gasteiger partial charge in [-0.15, -0.1) is 0 Å². The van der Waals surface area contributed by atoms with Crippen LogP contribution in [0.2, 0.25) is 0 Å². The molecule has 21 heteroatoms. The van der Waals surface area contributed by atoms with Crippen LogP contribution in [0.5, 0.6) is 0 Å². The van der Waals surface area contributed by atoms with Crippen molar-refractivity contribution in [3.63, 3.8) is 0 Å². The Hall–Kier alpha value is -2.94. The summed E-state index contributed by atoms with van der Waals surface area (Å²) in [5, 5.41) is 0. The molecule has 4 rings (SSSR count). The molecule has 0 amide bonds.